The largest absolute Gasteiger partial charge is 0.483 e. The van der Waals surface area contributed by atoms with Crippen LogP contribution in [-0.4, -0.2) is 22.7 Å². The predicted octanol–water partition coefficient (Wildman–Crippen LogP) is 4.16. The quantitative estimate of drug-likeness (QED) is 0.499. The molecule has 5 nitrogen and oxygen atoms in total. The van der Waals surface area contributed by atoms with Crippen molar-refractivity contribution in [3.8, 4) is 5.75 Å². The zero-order chi connectivity index (χ0) is 17.5. The first-order valence-electron chi connectivity index (χ1n) is 7.69. The van der Waals surface area contributed by atoms with Gasteiger partial charge in [0.25, 0.3) is 5.91 Å². The lowest BCUT2D eigenvalue weighted by Gasteiger charge is -2.07. The smallest absolute Gasteiger partial charge is 0.264 e. The first-order chi connectivity index (χ1) is 12.2. The summed E-state index contributed by atoms with van der Waals surface area (Å²) in [6.45, 7) is 1.88. The highest BCUT2D eigenvalue weighted by Gasteiger charge is 2.10. The number of benzene rings is 2. The van der Waals surface area contributed by atoms with Gasteiger partial charge in [-0.1, -0.05) is 71.6 Å². The fourth-order valence-corrected chi connectivity index (χ4v) is 3.78. The summed E-state index contributed by atoms with van der Waals surface area (Å²) in [5, 5.41) is 11.3. The van der Waals surface area contributed by atoms with Crippen LogP contribution in [0.15, 0.2) is 58.9 Å². The minimum Gasteiger partial charge on any atom is -0.483 e. The number of para-hydroxylation sites is 1. The number of amides is 1. The molecule has 2 aromatic carbocycles. The molecule has 7 heteroatoms. The Hall–Kier alpha value is -2.38. The van der Waals surface area contributed by atoms with Crippen molar-refractivity contribution in [1.82, 2.24) is 10.2 Å². The number of aryl methyl sites for hydroxylation is 1. The summed E-state index contributed by atoms with van der Waals surface area (Å²) in [4.78, 5) is 12.0. The second kappa shape index (κ2) is 8.64. The van der Waals surface area contributed by atoms with E-state index in [1.807, 2.05) is 49.4 Å². The Morgan fingerprint density at radius 2 is 1.88 bits per heavy atom. The van der Waals surface area contributed by atoms with Crippen LogP contribution in [0.4, 0.5) is 5.13 Å². The van der Waals surface area contributed by atoms with Crippen molar-refractivity contribution in [2.75, 3.05) is 11.9 Å². The molecule has 0 saturated heterocycles. The van der Waals surface area contributed by atoms with E-state index in [0.29, 0.717) is 10.9 Å². The van der Waals surface area contributed by atoms with Crippen LogP contribution < -0.4 is 10.1 Å². The molecule has 0 spiro atoms. The maximum absolute atomic E-state index is 12.0. The Morgan fingerprint density at radius 3 is 2.68 bits per heavy atom. The number of thioether (sulfide) groups is 1. The zero-order valence-electron chi connectivity index (χ0n) is 13.6. The number of aromatic nitrogens is 2. The number of anilines is 1. The SMILES string of the molecule is Cc1ccccc1OCC(=O)Nc1nnc(SCc2ccccc2)s1. The Kier molecular flexibility index (Phi) is 6.03. The number of hydrogen-bond acceptors (Lipinski definition) is 6. The van der Waals surface area contributed by atoms with E-state index in [2.05, 4.69) is 27.6 Å². The van der Waals surface area contributed by atoms with Gasteiger partial charge >= 0.3 is 0 Å². The van der Waals surface area contributed by atoms with Crippen LogP contribution in [0.1, 0.15) is 11.1 Å². The Labute approximate surface area is 154 Å². The molecule has 0 aliphatic heterocycles. The topological polar surface area (TPSA) is 64.1 Å². The molecular weight excluding hydrogens is 354 g/mol. The third kappa shape index (κ3) is 5.30. The highest BCUT2D eigenvalue weighted by Crippen LogP contribution is 2.28. The molecule has 1 heterocycles. The predicted molar refractivity (Wildman–Crippen MR) is 101 cm³/mol. The molecule has 3 rings (SSSR count). The minimum atomic E-state index is -0.251. The summed E-state index contributed by atoms with van der Waals surface area (Å²) < 4.78 is 6.34. The van der Waals surface area contributed by atoms with Crippen LogP contribution in [0.5, 0.6) is 5.75 Å². The number of nitrogens with one attached hydrogen (secondary N) is 1. The van der Waals surface area contributed by atoms with Crippen LogP contribution in [0.3, 0.4) is 0 Å². The zero-order valence-corrected chi connectivity index (χ0v) is 15.3. The highest BCUT2D eigenvalue weighted by molar-refractivity contribution is 8.00. The monoisotopic (exact) mass is 371 g/mol. The van der Waals surface area contributed by atoms with E-state index in [9.17, 15) is 4.79 Å². The second-order valence-electron chi connectivity index (χ2n) is 5.25. The fraction of sp³-hybridized carbons (Fsp3) is 0.167. The van der Waals surface area contributed by atoms with Gasteiger partial charge < -0.3 is 4.74 Å². The third-order valence-electron chi connectivity index (χ3n) is 3.31. The Bertz CT molecular complexity index is 837. The van der Waals surface area contributed by atoms with Gasteiger partial charge in [0.1, 0.15) is 5.75 Å². The maximum Gasteiger partial charge on any atom is 0.264 e. The Balaban J connectivity index is 1.47. The van der Waals surface area contributed by atoms with Gasteiger partial charge in [-0.05, 0) is 24.1 Å². The number of rotatable bonds is 7. The molecule has 1 N–H and O–H groups in total. The molecule has 128 valence electrons. The molecule has 0 radical (unpaired) electrons. The molecule has 0 aliphatic rings. The van der Waals surface area contributed by atoms with Gasteiger partial charge in [-0.3, -0.25) is 10.1 Å². The minimum absolute atomic E-state index is 0.0586. The summed E-state index contributed by atoms with van der Waals surface area (Å²) in [5.74, 6) is 1.27. The van der Waals surface area contributed by atoms with Gasteiger partial charge in [-0.25, -0.2) is 0 Å². The van der Waals surface area contributed by atoms with Crippen molar-refractivity contribution < 1.29 is 9.53 Å². The molecule has 0 atom stereocenters. The van der Waals surface area contributed by atoms with Gasteiger partial charge in [0.2, 0.25) is 5.13 Å². The van der Waals surface area contributed by atoms with Crippen molar-refractivity contribution >= 4 is 34.1 Å². The number of ether oxygens (including phenoxy) is 1. The van der Waals surface area contributed by atoms with Gasteiger partial charge in [0.05, 0.1) is 0 Å². The molecule has 0 fully saturated rings. The van der Waals surface area contributed by atoms with E-state index in [4.69, 9.17) is 4.74 Å². The van der Waals surface area contributed by atoms with Gasteiger partial charge in [0, 0.05) is 5.75 Å². The van der Waals surface area contributed by atoms with Gasteiger partial charge in [0.15, 0.2) is 10.9 Å². The normalized spacial score (nSPS) is 10.4. The maximum atomic E-state index is 12.0. The second-order valence-corrected chi connectivity index (χ2v) is 7.45. The van der Waals surface area contributed by atoms with Crippen LogP contribution in [-0.2, 0) is 10.5 Å². The van der Waals surface area contributed by atoms with Crippen LogP contribution in [0, 0.1) is 6.92 Å². The number of carbonyl (C=O) groups is 1. The average Bonchev–Trinajstić information content (AvgIpc) is 3.07. The van der Waals surface area contributed by atoms with E-state index in [1.54, 1.807) is 11.8 Å². The first kappa shape index (κ1) is 17.4. The summed E-state index contributed by atoms with van der Waals surface area (Å²) >= 11 is 2.95. The van der Waals surface area contributed by atoms with Crippen molar-refractivity contribution in [3.05, 3.63) is 65.7 Å². The van der Waals surface area contributed by atoms with Crippen molar-refractivity contribution in [3.63, 3.8) is 0 Å². The third-order valence-corrected chi connectivity index (χ3v) is 5.35. The van der Waals surface area contributed by atoms with E-state index in [-0.39, 0.29) is 12.5 Å². The van der Waals surface area contributed by atoms with Crippen molar-refractivity contribution in [1.29, 1.82) is 0 Å². The molecule has 1 aromatic heterocycles. The summed E-state index contributed by atoms with van der Waals surface area (Å²) in [6, 6.07) is 17.7. The molecule has 1 amide bonds. The van der Waals surface area contributed by atoms with Crippen LogP contribution >= 0.6 is 23.1 Å². The van der Waals surface area contributed by atoms with Crippen LogP contribution in [0.2, 0.25) is 0 Å². The molecule has 0 aliphatic carbocycles. The lowest BCUT2D eigenvalue weighted by Crippen LogP contribution is -2.20. The number of nitrogens with zero attached hydrogens (tertiary/aromatic N) is 2. The van der Waals surface area contributed by atoms with Gasteiger partial charge in [-0.15, -0.1) is 10.2 Å². The molecule has 0 saturated carbocycles. The summed E-state index contributed by atoms with van der Waals surface area (Å²) in [6.07, 6.45) is 0. The summed E-state index contributed by atoms with van der Waals surface area (Å²) in [5.41, 5.74) is 2.21. The lowest BCUT2D eigenvalue weighted by atomic mass is 10.2. The molecule has 3 aromatic rings. The van der Waals surface area contributed by atoms with Crippen LogP contribution in [0.25, 0.3) is 0 Å². The van der Waals surface area contributed by atoms with E-state index < -0.39 is 0 Å². The molecule has 0 unspecified atom stereocenters. The summed E-state index contributed by atoms with van der Waals surface area (Å²) in [7, 11) is 0. The Morgan fingerprint density at radius 1 is 1.12 bits per heavy atom. The van der Waals surface area contributed by atoms with Crippen molar-refractivity contribution in [2.45, 2.75) is 17.0 Å². The standard InChI is InChI=1S/C18H17N3O2S2/c1-13-7-5-6-10-15(13)23-11-16(22)19-17-20-21-18(25-17)24-12-14-8-3-2-4-9-14/h2-10H,11-12H2,1H3,(H,19,20,22). The lowest BCUT2D eigenvalue weighted by molar-refractivity contribution is -0.118. The van der Waals surface area contributed by atoms with Crippen molar-refractivity contribution in [2.24, 2.45) is 0 Å². The molecule has 0 bridgehead atoms. The van der Waals surface area contributed by atoms with E-state index in [0.717, 1.165) is 15.7 Å². The molecule has 25 heavy (non-hydrogen) atoms. The van der Waals surface area contributed by atoms with E-state index in [1.165, 1.54) is 16.9 Å². The average molecular weight is 371 g/mol. The van der Waals surface area contributed by atoms with Gasteiger partial charge in [-0.2, -0.15) is 0 Å². The number of carbonyl (C=O) groups excluding carboxylic acids is 1. The number of hydrogen-bond donors (Lipinski definition) is 1. The first-order valence-corrected chi connectivity index (χ1v) is 9.49. The molecular formula is C18H17N3O2S2. The van der Waals surface area contributed by atoms with E-state index >= 15 is 0 Å². The fourth-order valence-electron chi connectivity index (χ4n) is 2.05. The highest BCUT2D eigenvalue weighted by atomic mass is 32.2.